The highest BCUT2D eigenvalue weighted by atomic mass is 32.2. The first-order valence-electron chi connectivity index (χ1n) is 5.77. The minimum absolute atomic E-state index is 0.194. The molecule has 0 saturated carbocycles. The van der Waals surface area contributed by atoms with Gasteiger partial charge in [0.05, 0.1) is 5.69 Å². The van der Waals surface area contributed by atoms with E-state index in [1.165, 1.54) is 36.4 Å². The largest absolute Gasteiger partial charge is 0.573 e. The number of nitrogens with one attached hydrogen (secondary N) is 1. The Balaban J connectivity index is 0.000000220. The van der Waals surface area contributed by atoms with E-state index in [0.717, 1.165) is 0 Å². The summed E-state index contributed by atoms with van der Waals surface area (Å²) < 4.78 is 68.9. The highest BCUT2D eigenvalue weighted by Gasteiger charge is 2.30. The van der Waals surface area contributed by atoms with E-state index in [-0.39, 0.29) is 5.75 Å². The van der Waals surface area contributed by atoms with E-state index in [0.29, 0.717) is 5.69 Å². The van der Waals surface area contributed by atoms with Crippen LogP contribution < -0.4 is 9.46 Å². The third-order valence-electron chi connectivity index (χ3n) is 2.00. The first kappa shape index (κ1) is 17.8. The molecule has 2 aromatic rings. The molecule has 9 heteroatoms. The van der Waals surface area contributed by atoms with E-state index in [9.17, 15) is 21.6 Å². The van der Waals surface area contributed by atoms with Gasteiger partial charge in [0.25, 0.3) is 0 Å². The van der Waals surface area contributed by atoms with E-state index < -0.39 is 16.7 Å². The lowest BCUT2D eigenvalue weighted by Crippen LogP contribution is -2.16. The predicted octanol–water partition coefficient (Wildman–Crippen LogP) is 3.49. The van der Waals surface area contributed by atoms with Crippen LogP contribution in [-0.2, 0) is 10.3 Å². The average molecular weight is 335 g/mol. The normalized spacial score (nSPS) is 11.1. The predicted molar refractivity (Wildman–Crippen MR) is 74.7 cm³/mol. The molecule has 0 saturated heterocycles. The van der Waals surface area contributed by atoms with Gasteiger partial charge in [-0.25, -0.2) is 0 Å². The van der Waals surface area contributed by atoms with Gasteiger partial charge in [-0.2, -0.15) is 8.42 Å². The van der Waals surface area contributed by atoms with Gasteiger partial charge in [0.15, 0.2) is 0 Å². The number of halogens is 3. The number of ether oxygens (including phenoxy) is 1. The van der Waals surface area contributed by atoms with Gasteiger partial charge in [-0.15, -0.1) is 13.2 Å². The van der Waals surface area contributed by atoms with E-state index in [1.807, 2.05) is 4.72 Å². The Hall–Kier alpha value is -2.26. The van der Waals surface area contributed by atoms with Crippen LogP contribution in [0.15, 0.2) is 60.7 Å². The molecule has 2 N–H and O–H groups in total. The summed E-state index contributed by atoms with van der Waals surface area (Å²) >= 11 is 0. The van der Waals surface area contributed by atoms with E-state index in [4.69, 9.17) is 4.55 Å². The fourth-order valence-electron chi connectivity index (χ4n) is 1.28. The minimum atomic E-state index is -4.60. The molecule has 22 heavy (non-hydrogen) atoms. The van der Waals surface area contributed by atoms with Gasteiger partial charge in [-0.05, 0) is 24.3 Å². The number of anilines is 1. The quantitative estimate of drug-likeness (QED) is 0.842. The molecule has 0 fully saturated rings. The van der Waals surface area contributed by atoms with Crippen molar-refractivity contribution >= 4 is 16.0 Å². The number of hydrogen-bond donors (Lipinski definition) is 2. The van der Waals surface area contributed by atoms with E-state index >= 15 is 0 Å². The molecule has 0 atom stereocenters. The highest BCUT2D eigenvalue weighted by molar-refractivity contribution is 7.87. The van der Waals surface area contributed by atoms with Crippen LogP contribution in [0.5, 0.6) is 5.75 Å². The molecule has 0 unspecified atom stereocenters. The molecule has 2 aromatic carbocycles. The van der Waals surface area contributed by atoms with Crippen LogP contribution in [0.2, 0.25) is 0 Å². The van der Waals surface area contributed by atoms with Gasteiger partial charge in [0, 0.05) is 0 Å². The van der Waals surface area contributed by atoms with Gasteiger partial charge in [-0.3, -0.25) is 9.27 Å². The summed E-state index contributed by atoms with van der Waals surface area (Å²) in [7, 11) is -4.13. The van der Waals surface area contributed by atoms with Gasteiger partial charge >= 0.3 is 16.7 Å². The van der Waals surface area contributed by atoms with Crippen LogP contribution in [0.1, 0.15) is 0 Å². The number of para-hydroxylation sites is 2. The van der Waals surface area contributed by atoms with Crippen LogP contribution in [-0.4, -0.2) is 19.3 Å². The van der Waals surface area contributed by atoms with Crippen molar-refractivity contribution in [3.63, 3.8) is 0 Å². The van der Waals surface area contributed by atoms with Gasteiger partial charge in [0.1, 0.15) is 5.75 Å². The second kappa shape index (κ2) is 7.66. The number of alkyl halides is 3. The first-order chi connectivity index (χ1) is 10.2. The lowest BCUT2D eigenvalue weighted by molar-refractivity contribution is -0.274. The molecule has 0 heterocycles. The summed E-state index contributed by atoms with van der Waals surface area (Å²) in [6, 6.07) is 15.2. The number of hydrogen-bond acceptors (Lipinski definition) is 3. The molecule has 120 valence electrons. The lowest BCUT2D eigenvalue weighted by atomic mass is 10.3. The summed E-state index contributed by atoms with van der Waals surface area (Å²) in [5, 5.41) is 0. The van der Waals surface area contributed by atoms with Crippen molar-refractivity contribution in [1.29, 1.82) is 0 Å². The van der Waals surface area contributed by atoms with Crippen LogP contribution >= 0.6 is 0 Å². The van der Waals surface area contributed by atoms with Crippen LogP contribution in [0.4, 0.5) is 18.9 Å². The van der Waals surface area contributed by atoms with Crippen LogP contribution in [0.25, 0.3) is 0 Å². The first-order valence-corrected chi connectivity index (χ1v) is 7.21. The Morgan fingerprint density at radius 1 is 0.909 bits per heavy atom. The fourth-order valence-corrected chi connectivity index (χ4v) is 1.71. The molecule has 0 bridgehead atoms. The van der Waals surface area contributed by atoms with Crippen LogP contribution in [0, 0.1) is 0 Å². The second-order valence-corrected chi connectivity index (χ2v) is 4.96. The van der Waals surface area contributed by atoms with Gasteiger partial charge < -0.3 is 4.74 Å². The van der Waals surface area contributed by atoms with Crippen molar-refractivity contribution in [2.24, 2.45) is 0 Å². The minimum Gasteiger partial charge on any atom is -0.406 e. The molecule has 0 radical (unpaired) electrons. The van der Waals surface area contributed by atoms with Crippen molar-refractivity contribution < 1.29 is 30.9 Å². The van der Waals surface area contributed by atoms with Crippen molar-refractivity contribution in [2.45, 2.75) is 6.36 Å². The molecule has 5 nitrogen and oxygen atoms in total. The Labute approximate surface area is 125 Å². The topological polar surface area (TPSA) is 75.6 Å². The molecule has 2 rings (SSSR count). The summed E-state index contributed by atoms with van der Waals surface area (Å²) in [6.07, 6.45) is -4.60. The standard InChI is InChI=1S/C7H5F3O.C6H7NO3S/c8-7(9,10)11-6-4-2-1-3-5-6;8-11(9,10)7-6-4-2-1-3-5-6/h1-5H;1-5,7H,(H,8,9,10). The molecule has 0 amide bonds. The molecule has 0 spiro atoms. The van der Waals surface area contributed by atoms with E-state index in [1.54, 1.807) is 24.3 Å². The maximum atomic E-state index is 11.5. The maximum Gasteiger partial charge on any atom is 0.573 e. The van der Waals surface area contributed by atoms with Gasteiger partial charge in [-0.1, -0.05) is 36.4 Å². The zero-order chi connectivity index (χ0) is 16.6. The molecular weight excluding hydrogens is 323 g/mol. The summed E-state index contributed by atoms with van der Waals surface area (Å²) in [5.41, 5.74) is 0.343. The Bertz CT molecular complexity index is 661. The zero-order valence-corrected chi connectivity index (χ0v) is 11.8. The molecule has 0 aliphatic heterocycles. The van der Waals surface area contributed by atoms with Crippen molar-refractivity contribution in [1.82, 2.24) is 0 Å². The smallest absolute Gasteiger partial charge is 0.406 e. The maximum absolute atomic E-state index is 11.5. The van der Waals surface area contributed by atoms with Crippen molar-refractivity contribution in [3.8, 4) is 5.75 Å². The third-order valence-corrected chi connectivity index (χ3v) is 2.49. The third kappa shape index (κ3) is 8.82. The summed E-state index contributed by atoms with van der Waals surface area (Å²) in [5.74, 6) is -0.194. The fraction of sp³-hybridized carbons (Fsp3) is 0.0769. The average Bonchev–Trinajstić information content (AvgIpc) is 2.38. The zero-order valence-electron chi connectivity index (χ0n) is 11.0. The summed E-state index contributed by atoms with van der Waals surface area (Å²) in [4.78, 5) is 0. The molecule has 0 aromatic heterocycles. The number of rotatable bonds is 3. The SMILES string of the molecule is FC(F)(F)Oc1ccccc1.O=S(=O)(O)Nc1ccccc1. The van der Waals surface area contributed by atoms with Crippen molar-refractivity contribution in [3.05, 3.63) is 60.7 Å². The Kier molecular flexibility index (Phi) is 6.20. The Morgan fingerprint density at radius 2 is 1.36 bits per heavy atom. The van der Waals surface area contributed by atoms with Crippen molar-refractivity contribution in [2.75, 3.05) is 4.72 Å². The Morgan fingerprint density at radius 3 is 1.77 bits per heavy atom. The van der Waals surface area contributed by atoms with E-state index in [2.05, 4.69) is 4.74 Å². The second-order valence-electron chi connectivity index (χ2n) is 3.80. The molecular formula is C13H12F3NO4S. The number of benzene rings is 2. The van der Waals surface area contributed by atoms with Crippen LogP contribution in [0.3, 0.4) is 0 Å². The monoisotopic (exact) mass is 335 g/mol. The lowest BCUT2D eigenvalue weighted by Gasteiger charge is -2.07. The highest BCUT2D eigenvalue weighted by Crippen LogP contribution is 2.21. The summed E-state index contributed by atoms with van der Waals surface area (Å²) in [6.45, 7) is 0. The van der Waals surface area contributed by atoms with Gasteiger partial charge in [0.2, 0.25) is 0 Å². The molecule has 0 aliphatic rings. The molecule has 0 aliphatic carbocycles.